The molecule has 0 aromatic heterocycles. The van der Waals surface area contributed by atoms with Crippen molar-refractivity contribution in [3.05, 3.63) is 64.1 Å². The molecule has 0 aliphatic heterocycles. The molecule has 0 amide bonds. The zero-order valence-corrected chi connectivity index (χ0v) is 12.7. The molecule has 100 valence electrons. The average molecular weight is 320 g/mol. The number of benzene rings is 2. The van der Waals surface area contributed by atoms with Crippen molar-refractivity contribution in [1.29, 1.82) is 0 Å². The van der Waals surface area contributed by atoms with Gasteiger partial charge in [0.2, 0.25) is 0 Å². The van der Waals surface area contributed by atoms with E-state index in [0.29, 0.717) is 5.75 Å². The summed E-state index contributed by atoms with van der Waals surface area (Å²) < 4.78 is 1.08. The van der Waals surface area contributed by atoms with Crippen LogP contribution in [0.1, 0.15) is 37.1 Å². The van der Waals surface area contributed by atoms with E-state index in [1.165, 1.54) is 5.56 Å². The van der Waals surface area contributed by atoms with Crippen LogP contribution < -0.4 is 5.32 Å². The lowest BCUT2D eigenvalue weighted by Crippen LogP contribution is -2.22. The zero-order chi connectivity index (χ0) is 13.8. The summed E-state index contributed by atoms with van der Waals surface area (Å²) in [6.45, 7) is 4.18. The molecule has 0 fully saturated rings. The Bertz CT molecular complexity index is 539. The van der Waals surface area contributed by atoms with Gasteiger partial charge in [-0.1, -0.05) is 46.3 Å². The summed E-state index contributed by atoms with van der Waals surface area (Å²) >= 11 is 3.44. The van der Waals surface area contributed by atoms with Crippen molar-refractivity contribution in [2.75, 3.05) is 0 Å². The standard InChI is InChI=1S/C16H18BrNO/c1-11(13-7-9-14(17)10-8-13)18-12(2)15-5-3-4-6-16(15)19/h3-12,18-19H,1-2H3. The molecule has 3 heteroatoms. The fourth-order valence-corrected chi connectivity index (χ4v) is 2.43. The number of para-hydroxylation sites is 1. The van der Waals surface area contributed by atoms with Crippen LogP contribution in [-0.4, -0.2) is 5.11 Å². The van der Waals surface area contributed by atoms with Crippen molar-refractivity contribution in [3.8, 4) is 5.75 Å². The highest BCUT2D eigenvalue weighted by Crippen LogP contribution is 2.26. The summed E-state index contributed by atoms with van der Waals surface area (Å²) in [5, 5.41) is 13.4. The summed E-state index contributed by atoms with van der Waals surface area (Å²) in [6, 6.07) is 16.0. The molecule has 0 aliphatic rings. The van der Waals surface area contributed by atoms with Crippen molar-refractivity contribution >= 4 is 15.9 Å². The number of nitrogens with one attached hydrogen (secondary N) is 1. The predicted molar refractivity (Wildman–Crippen MR) is 82.2 cm³/mol. The van der Waals surface area contributed by atoms with Gasteiger partial charge in [0.25, 0.3) is 0 Å². The first-order valence-corrected chi connectivity index (χ1v) is 7.16. The number of hydrogen-bond donors (Lipinski definition) is 2. The quantitative estimate of drug-likeness (QED) is 0.865. The van der Waals surface area contributed by atoms with Crippen molar-refractivity contribution < 1.29 is 5.11 Å². The fourth-order valence-electron chi connectivity index (χ4n) is 2.17. The Morgan fingerprint density at radius 2 is 1.58 bits per heavy atom. The summed E-state index contributed by atoms with van der Waals surface area (Å²) in [7, 11) is 0. The third kappa shape index (κ3) is 3.58. The summed E-state index contributed by atoms with van der Waals surface area (Å²) in [5.74, 6) is 0.338. The second-order valence-electron chi connectivity index (χ2n) is 4.72. The molecule has 2 unspecified atom stereocenters. The largest absolute Gasteiger partial charge is 0.508 e. The monoisotopic (exact) mass is 319 g/mol. The molecule has 2 atom stereocenters. The average Bonchev–Trinajstić information content (AvgIpc) is 2.39. The minimum Gasteiger partial charge on any atom is -0.508 e. The van der Waals surface area contributed by atoms with E-state index in [1.54, 1.807) is 6.07 Å². The van der Waals surface area contributed by atoms with Crippen LogP contribution in [0.25, 0.3) is 0 Å². The van der Waals surface area contributed by atoms with Crippen LogP contribution in [0.4, 0.5) is 0 Å². The Morgan fingerprint density at radius 1 is 0.947 bits per heavy atom. The smallest absolute Gasteiger partial charge is 0.120 e. The van der Waals surface area contributed by atoms with Gasteiger partial charge in [0.15, 0.2) is 0 Å². The van der Waals surface area contributed by atoms with Crippen LogP contribution in [0.15, 0.2) is 53.0 Å². The van der Waals surface area contributed by atoms with E-state index in [4.69, 9.17) is 0 Å². The molecule has 0 saturated carbocycles. The maximum absolute atomic E-state index is 9.85. The van der Waals surface area contributed by atoms with Gasteiger partial charge < -0.3 is 10.4 Å². The number of hydrogen-bond acceptors (Lipinski definition) is 2. The van der Waals surface area contributed by atoms with Crippen molar-refractivity contribution in [2.45, 2.75) is 25.9 Å². The molecule has 0 saturated heterocycles. The zero-order valence-electron chi connectivity index (χ0n) is 11.1. The second kappa shape index (κ2) is 6.22. The summed E-state index contributed by atoms with van der Waals surface area (Å²) in [5.41, 5.74) is 2.15. The van der Waals surface area contributed by atoms with E-state index >= 15 is 0 Å². The lowest BCUT2D eigenvalue weighted by atomic mass is 10.0. The molecule has 0 spiro atoms. The topological polar surface area (TPSA) is 32.3 Å². The van der Waals surface area contributed by atoms with Gasteiger partial charge in [-0.25, -0.2) is 0 Å². The third-order valence-corrected chi connectivity index (χ3v) is 3.80. The number of rotatable bonds is 4. The molecule has 0 radical (unpaired) electrons. The lowest BCUT2D eigenvalue weighted by Gasteiger charge is -2.21. The molecule has 19 heavy (non-hydrogen) atoms. The van der Waals surface area contributed by atoms with Crippen LogP contribution in [-0.2, 0) is 0 Å². The van der Waals surface area contributed by atoms with Crippen LogP contribution in [0.2, 0.25) is 0 Å². The normalized spacial score (nSPS) is 14.1. The molecule has 0 bridgehead atoms. The fraction of sp³-hybridized carbons (Fsp3) is 0.250. The Balaban J connectivity index is 2.08. The first kappa shape index (κ1) is 14.1. The molecule has 2 aromatic rings. The van der Waals surface area contributed by atoms with E-state index in [2.05, 4.69) is 47.2 Å². The van der Waals surface area contributed by atoms with Crippen molar-refractivity contribution in [2.24, 2.45) is 0 Å². The number of aromatic hydroxyl groups is 1. The van der Waals surface area contributed by atoms with E-state index in [-0.39, 0.29) is 12.1 Å². The predicted octanol–water partition coefficient (Wildman–Crippen LogP) is 4.57. The van der Waals surface area contributed by atoms with Crippen molar-refractivity contribution in [1.82, 2.24) is 5.32 Å². The Hall–Kier alpha value is -1.32. The van der Waals surface area contributed by atoms with Gasteiger partial charge in [0, 0.05) is 22.1 Å². The number of phenols is 1. The van der Waals surface area contributed by atoms with Gasteiger partial charge in [-0.05, 0) is 37.6 Å². The molecule has 2 rings (SSSR count). The van der Waals surface area contributed by atoms with Gasteiger partial charge in [0.1, 0.15) is 5.75 Å². The van der Waals surface area contributed by atoms with Gasteiger partial charge in [-0.3, -0.25) is 0 Å². The van der Waals surface area contributed by atoms with Crippen LogP contribution in [0.3, 0.4) is 0 Å². The SMILES string of the molecule is CC(NC(C)c1ccccc1O)c1ccc(Br)cc1. The third-order valence-electron chi connectivity index (χ3n) is 3.27. The Labute approximate surface area is 122 Å². The maximum Gasteiger partial charge on any atom is 0.120 e. The first-order valence-electron chi connectivity index (χ1n) is 6.37. The maximum atomic E-state index is 9.85. The van der Waals surface area contributed by atoms with Crippen molar-refractivity contribution in [3.63, 3.8) is 0 Å². The molecular weight excluding hydrogens is 302 g/mol. The molecule has 2 nitrogen and oxygen atoms in total. The van der Waals surface area contributed by atoms with Crippen LogP contribution in [0, 0.1) is 0 Å². The minimum atomic E-state index is 0.0971. The minimum absolute atomic E-state index is 0.0971. The molecule has 0 aliphatic carbocycles. The molecular formula is C16H18BrNO. The highest BCUT2D eigenvalue weighted by atomic mass is 79.9. The van der Waals surface area contributed by atoms with Crippen LogP contribution in [0.5, 0.6) is 5.75 Å². The Kier molecular flexibility index (Phi) is 4.61. The molecule has 2 N–H and O–H groups in total. The number of phenolic OH excluding ortho intramolecular Hbond substituents is 1. The highest BCUT2D eigenvalue weighted by Gasteiger charge is 2.13. The number of halogens is 1. The van der Waals surface area contributed by atoms with Gasteiger partial charge >= 0.3 is 0 Å². The second-order valence-corrected chi connectivity index (χ2v) is 5.64. The highest BCUT2D eigenvalue weighted by molar-refractivity contribution is 9.10. The van der Waals surface area contributed by atoms with Gasteiger partial charge in [0.05, 0.1) is 0 Å². The summed E-state index contributed by atoms with van der Waals surface area (Å²) in [4.78, 5) is 0. The molecule has 2 aromatic carbocycles. The summed E-state index contributed by atoms with van der Waals surface area (Å²) in [6.07, 6.45) is 0. The van der Waals surface area contributed by atoms with E-state index in [9.17, 15) is 5.11 Å². The first-order chi connectivity index (χ1) is 9.08. The van der Waals surface area contributed by atoms with E-state index in [1.807, 2.05) is 30.3 Å². The van der Waals surface area contributed by atoms with E-state index in [0.717, 1.165) is 10.0 Å². The Morgan fingerprint density at radius 3 is 2.21 bits per heavy atom. The van der Waals surface area contributed by atoms with Gasteiger partial charge in [-0.15, -0.1) is 0 Å². The lowest BCUT2D eigenvalue weighted by molar-refractivity contribution is 0.438. The van der Waals surface area contributed by atoms with Gasteiger partial charge in [-0.2, -0.15) is 0 Å². The molecule has 0 heterocycles. The van der Waals surface area contributed by atoms with Crippen LogP contribution >= 0.6 is 15.9 Å². The van der Waals surface area contributed by atoms with E-state index < -0.39 is 0 Å².